The van der Waals surface area contributed by atoms with Crippen LogP contribution in [-0.2, 0) is 19.9 Å². The number of nitrogens with one attached hydrogen (secondary N) is 1. The molecule has 1 aliphatic carbocycles. The minimum Gasteiger partial charge on any atom is -0.355 e. The lowest BCUT2D eigenvalue weighted by Crippen LogP contribution is -2.20. The van der Waals surface area contributed by atoms with Gasteiger partial charge in [0, 0.05) is 23.2 Å². The third kappa shape index (κ3) is 2.95. The van der Waals surface area contributed by atoms with E-state index in [0.717, 1.165) is 35.0 Å². The fraction of sp³-hybridized carbons (Fsp3) is 0.400. The van der Waals surface area contributed by atoms with Gasteiger partial charge in [-0.25, -0.2) is 4.98 Å². The number of carbonyl (C=O) groups excluding carboxylic acids is 2. The van der Waals surface area contributed by atoms with Crippen LogP contribution in [0.4, 0.5) is 0 Å². The first-order valence-electron chi connectivity index (χ1n) is 9.17. The van der Waals surface area contributed by atoms with Crippen molar-refractivity contribution in [1.29, 1.82) is 0 Å². The highest BCUT2D eigenvalue weighted by atomic mass is 32.2. The summed E-state index contributed by atoms with van der Waals surface area (Å²) in [6, 6.07) is 0. The van der Waals surface area contributed by atoms with Crippen molar-refractivity contribution in [3.8, 4) is 0 Å². The molecule has 3 aromatic heterocycles. The number of nitrogens with zero attached hydrogens (tertiary/aromatic N) is 2. The monoisotopic (exact) mass is 415 g/mol. The van der Waals surface area contributed by atoms with Gasteiger partial charge in [0.05, 0.1) is 16.8 Å². The number of fused-ring (bicyclic) bond motifs is 3. The van der Waals surface area contributed by atoms with Gasteiger partial charge in [0.1, 0.15) is 4.83 Å². The Kier molecular flexibility index (Phi) is 4.79. The Morgan fingerprint density at radius 3 is 2.71 bits per heavy atom. The molecule has 0 aliphatic heterocycles. The highest BCUT2D eigenvalue weighted by Gasteiger charge is 2.24. The summed E-state index contributed by atoms with van der Waals surface area (Å²) in [5.41, 5.74) is 3.55. The summed E-state index contributed by atoms with van der Waals surface area (Å²) in [5, 5.41) is 1.29. The average Bonchev–Trinajstić information content (AvgIpc) is 3.29. The molecule has 0 aromatic carbocycles. The van der Waals surface area contributed by atoms with E-state index in [9.17, 15) is 14.4 Å². The third-order valence-electron chi connectivity index (χ3n) is 5.31. The second-order valence-electron chi connectivity index (χ2n) is 7.19. The number of thioether (sulfide) groups is 1. The van der Waals surface area contributed by atoms with Crippen LogP contribution in [0.2, 0.25) is 0 Å². The van der Waals surface area contributed by atoms with Gasteiger partial charge in [-0.15, -0.1) is 11.3 Å². The topological polar surface area (TPSA) is 84.8 Å². The lowest BCUT2D eigenvalue weighted by atomic mass is 10.1. The lowest BCUT2D eigenvalue weighted by Gasteiger charge is -2.07. The van der Waals surface area contributed by atoms with Crippen molar-refractivity contribution in [3.63, 3.8) is 0 Å². The summed E-state index contributed by atoms with van der Waals surface area (Å²) in [7, 11) is 1.71. The largest absolute Gasteiger partial charge is 0.355 e. The predicted molar refractivity (Wildman–Crippen MR) is 112 cm³/mol. The van der Waals surface area contributed by atoms with E-state index in [-0.39, 0.29) is 22.9 Å². The van der Waals surface area contributed by atoms with E-state index in [1.165, 1.54) is 23.6 Å². The van der Waals surface area contributed by atoms with Crippen molar-refractivity contribution >= 4 is 44.9 Å². The third-order valence-corrected chi connectivity index (χ3v) is 7.52. The Morgan fingerprint density at radius 1 is 1.29 bits per heavy atom. The van der Waals surface area contributed by atoms with Gasteiger partial charge in [0.25, 0.3) is 5.56 Å². The number of ketones is 2. The molecule has 0 radical (unpaired) electrons. The van der Waals surface area contributed by atoms with E-state index in [1.54, 1.807) is 36.8 Å². The number of Topliss-reactive ketones (excluding diaryl/α,β-unsaturated/α-hetero) is 2. The van der Waals surface area contributed by atoms with E-state index in [1.807, 2.05) is 0 Å². The normalized spacial score (nSPS) is 13.3. The zero-order valence-corrected chi connectivity index (χ0v) is 17.9. The van der Waals surface area contributed by atoms with Gasteiger partial charge in [0.15, 0.2) is 16.7 Å². The standard InChI is InChI=1S/C20H21N3O3S2/c1-9-15(11(3)24)10(2)21-17(9)13(25)8-27-20-22-18-16(19(26)23(20)4)12-6-5-7-14(12)28-18/h21H,5-8H2,1-4H3. The molecule has 0 unspecified atom stereocenters. The highest BCUT2D eigenvalue weighted by molar-refractivity contribution is 7.99. The lowest BCUT2D eigenvalue weighted by molar-refractivity contribution is 0.101. The Morgan fingerprint density at radius 2 is 2.04 bits per heavy atom. The van der Waals surface area contributed by atoms with Crippen LogP contribution in [0.15, 0.2) is 9.95 Å². The van der Waals surface area contributed by atoms with Gasteiger partial charge in [-0.3, -0.25) is 19.0 Å². The summed E-state index contributed by atoms with van der Waals surface area (Å²) in [5.74, 6) is -0.0195. The molecule has 1 N–H and O–H groups in total. The summed E-state index contributed by atoms with van der Waals surface area (Å²) in [4.78, 5) is 47.1. The van der Waals surface area contributed by atoms with Crippen LogP contribution >= 0.6 is 23.1 Å². The van der Waals surface area contributed by atoms with Crippen molar-refractivity contribution in [2.24, 2.45) is 7.05 Å². The van der Waals surface area contributed by atoms with E-state index in [0.29, 0.717) is 27.7 Å². The van der Waals surface area contributed by atoms with Gasteiger partial charge < -0.3 is 4.98 Å². The Balaban J connectivity index is 1.62. The molecule has 0 fully saturated rings. The molecule has 0 amide bonds. The molecule has 1 aliphatic rings. The smallest absolute Gasteiger partial charge is 0.262 e. The minimum atomic E-state index is -0.110. The van der Waals surface area contributed by atoms with Crippen LogP contribution in [0.5, 0.6) is 0 Å². The SMILES string of the molecule is CC(=O)c1c(C)[nH]c(C(=O)CSc2nc3sc4c(c3c(=O)n2C)CCC4)c1C. The Bertz CT molecular complexity index is 1200. The predicted octanol–water partition coefficient (Wildman–Crippen LogP) is 3.61. The molecular formula is C20H21N3O3S2. The van der Waals surface area contributed by atoms with Crippen molar-refractivity contribution in [2.45, 2.75) is 45.2 Å². The number of H-pyrrole nitrogens is 1. The van der Waals surface area contributed by atoms with Crippen LogP contribution in [0.25, 0.3) is 10.2 Å². The fourth-order valence-corrected chi connectivity index (χ4v) is 6.14. The maximum atomic E-state index is 12.8. The van der Waals surface area contributed by atoms with Crippen molar-refractivity contribution in [1.82, 2.24) is 14.5 Å². The molecule has 3 aromatic rings. The summed E-state index contributed by atoms with van der Waals surface area (Å²) in [6.45, 7) is 5.08. The second-order valence-corrected chi connectivity index (χ2v) is 9.22. The molecule has 0 atom stereocenters. The minimum absolute atomic E-state index is 0.0369. The molecule has 0 bridgehead atoms. The molecule has 4 rings (SSSR count). The van der Waals surface area contributed by atoms with E-state index < -0.39 is 0 Å². The number of aromatic nitrogens is 3. The Hall–Kier alpha value is -2.19. The van der Waals surface area contributed by atoms with E-state index in [4.69, 9.17) is 0 Å². The van der Waals surface area contributed by atoms with Gasteiger partial charge >= 0.3 is 0 Å². The summed E-state index contributed by atoms with van der Waals surface area (Å²) in [6.07, 6.45) is 3.06. The molecule has 146 valence electrons. The molecule has 0 saturated heterocycles. The van der Waals surface area contributed by atoms with Crippen LogP contribution in [0, 0.1) is 13.8 Å². The summed E-state index contributed by atoms with van der Waals surface area (Å²) >= 11 is 2.85. The van der Waals surface area contributed by atoms with Crippen molar-refractivity contribution in [3.05, 3.63) is 43.3 Å². The highest BCUT2D eigenvalue weighted by Crippen LogP contribution is 2.35. The molecular weight excluding hydrogens is 394 g/mol. The molecule has 0 saturated carbocycles. The first-order chi connectivity index (χ1) is 13.3. The number of hydrogen-bond acceptors (Lipinski definition) is 6. The number of aromatic amines is 1. The quantitative estimate of drug-likeness (QED) is 0.391. The zero-order valence-electron chi connectivity index (χ0n) is 16.3. The van der Waals surface area contributed by atoms with Gasteiger partial charge in [0.2, 0.25) is 0 Å². The average molecular weight is 416 g/mol. The first-order valence-corrected chi connectivity index (χ1v) is 11.0. The molecule has 3 heterocycles. The summed E-state index contributed by atoms with van der Waals surface area (Å²) < 4.78 is 1.54. The Labute approximate surface area is 170 Å². The number of aryl methyl sites for hydroxylation is 3. The number of thiophene rings is 1. The van der Waals surface area contributed by atoms with Crippen molar-refractivity contribution < 1.29 is 9.59 Å². The number of rotatable bonds is 5. The molecule has 0 spiro atoms. The second kappa shape index (κ2) is 7.00. The maximum absolute atomic E-state index is 12.8. The molecule has 28 heavy (non-hydrogen) atoms. The van der Waals surface area contributed by atoms with Crippen LogP contribution < -0.4 is 5.56 Å². The number of hydrogen-bond donors (Lipinski definition) is 1. The van der Waals surface area contributed by atoms with Gasteiger partial charge in [-0.1, -0.05) is 11.8 Å². The fourth-order valence-electron chi connectivity index (χ4n) is 3.99. The van der Waals surface area contributed by atoms with Crippen LogP contribution in [-0.4, -0.2) is 31.9 Å². The molecule has 6 nitrogen and oxygen atoms in total. The molecule has 8 heteroatoms. The van der Waals surface area contributed by atoms with Crippen LogP contribution in [0.3, 0.4) is 0 Å². The van der Waals surface area contributed by atoms with Crippen molar-refractivity contribution in [2.75, 3.05) is 5.75 Å². The maximum Gasteiger partial charge on any atom is 0.262 e. The first kappa shape index (κ1) is 19.1. The van der Waals surface area contributed by atoms with E-state index >= 15 is 0 Å². The van der Waals surface area contributed by atoms with Gasteiger partial charge in [-0.2, -0.15) is 0 Å². The van der Waals surface area contributed by atoms with Gasteiger partial charge in [-0.05, 0) is 51.2 Å². The number of carbonyl (C=O) groups is 2. The van der Waals surface area contributed by atoms with E-state index in [2.05, 4.69) is 9.97 Å². The zero-order chi connectivity index (χ0) is 20.2. The van der Waals surface area contributed by atoms with Crippen LogP contribution in [0.1, 0.15) is 55.9 Å².